The van der Waals surface area contributed by atoms with Gasteiger partial charge in [0, 0.05) is 25.6 Å². The highest BCUT2D eigenvalue weighted by atomic mass is 16.6. The number of aromatic nitrogens is 3. The Balaban J connectivity index is 1.53. The second-order valence-electron chi connectivity index (χ2n) is 7.76. The van der Waals surface area contributed by atoms with Crippen LogP contribution in [0.2, 0.25) is 0 Å². The fourth-order valence-electron chi connectivity index (χ4n) is 3.96. The average molecular weight is 434 g/mol. The molecule has 0 aromatic carbocycles. The highest BCUT2D eigenvalue weighted by Gasteiger charge is 2.23. The van der Waals surface area contributed by atoms with Gasteiger partial charge in [0.1, 0.15) is 17.5 Å². The first-order chi connectivity index (χ1) is 15.0. The van der Waals surface area contributed by atoms with Crippen molar-refractivity contribution in [3.63, 3.8) is 0 Å². The number of nitrogens with two attached hydrogens (primary N) is 1. The molecule has 1 aliphatic carbocycles. The number of fused-ring (bicyclic) bond motifs is 1. The number of nitrogen functional groups attached to an aromatic ring is 1. The zero-order chi connectivity index (χ0) is 22.2. The molecule has 4 N–H and O–H groups in total. The number of imidazole rings is 1. The quantitative estimate of drug-likeness (QED) is 0.296. The second kappa shape index (κ2) is 10.9. The number of pyridine rings is 1. The summed E-state index contributed by atoms with van der Waals surface area (Å²) in [6, 6.07) is 0.0961. The molecule has 2 heterocycles. The van der Waals surface area contributed by atoms with Crippen molar-refractivity contribution in [1.82, 2.24) is 25.2 Å². The van der Waals surface area contributed by atoms with Crippen LogP contribution in [0.1, 0.15) is 51.3 Å². The van der Waals surface area contributed by atoms with E-state index in [1.807, 2.05) is 6.92 Å². The maximum Gasteiger partial charge on any atom is 0.315 e. The number of nitrogens with zero attached hydrogens (tertiary/aromatic N) is 4. The van der Waals surface area contributed by atoms with Crippen LogP contribution in [-0.4, -0.2) is 51.3 Å². The zero-order valence-corrected chi connectivity index (χ0v) is 17.9. The van der Waals surface area contributed by atoms with Gasteiger partial charge in [0.25, 0.3) is 0 Å². The number of nitro groups is 1. The number of urea groups is 1. The third kappa shape index (κ3) is 5.81. The van der Waals surface area contributed by atoms with Gasteiger partial charge in [0.05, 0.1) is 18.1 Å². The molecule has 0 bridgehead atoms. The van der Waals surface area contributed by atoms with Crippen LogP contribution < -0.4 is 16.4 Å². The van der Waals surface area contributed by atoms with E-state index in [9.17, 15) is 14.9 Å². The standard InChI is InChI=1S/C20H31N7O4/c1-2-6-16-25-17-18(15(27(29)30)13-23-19(17)21)26(16)10-12-31-11-9-22-20(28)24-14-7-4-3-5-8-14/h13-14H,2-12H2,1H3,(H2,21,23)(H2,22,24,28). The molecular formula is C20H31N7O4. The molecule has 0 saturated heterocycles. The Morgan fingerprint density at radius 1 is 1.35 bits per heavy atom. The fourth-order valence-corrected chi connectivity index (χ4v) is 3.96. The normalized spacial score (nSPS) is 14.6. The molecule has 2 aromatic rings. The van der Waals surface area contributed by atoms with Crippen molar-refractivity contribution in [2.45, 2.75) is 64.5 Å². The second-order valence-corrected chi connectivity index (χ2v) is 7.76. The molecule has 3 rings (SSSR count). The van der Waals surface area contributed by atoms with Gasteiger partial charge in [-0.15, -0.1) is 0 Å². The molecule has 1 aliphatic rings. The van der Waals surface area contributed by atoms with Gasteiger partial charge in [-0.2, -0.15) is 0 Å². The summed E-state index contributed by atoms with van der Waals surface area (Å²) in [7, 11) is 0. The summed E-state index contributed by atoms with van der Waals surface area (Å²) >= 11 is 0. The highest BCUT2D eigenvalue weighted by molar-refractivity contribution is 5.92. The van der Waals surface area contributed by atoms with Crippen LogP contribution in [0.25, 0.3) is 11.0 Å². The number of aryl methyl sites for hydroxylation is 1. The van der Waals surface area contributed by atoms with E-state index in [2.05, 4.69) is 20.6 Å². The van der Waals surface area contributed by atoms with E-state index in [0.717, 1.165) is 32.1 Å². The Bertz CT molecular complexity index is 909. The Labute approximate surface area is 180 Å². The molecule has 0 radical (unpaired) electrons. The number of carbonyl (C=O) groups is 1. The van der Waals surface area contributed by atoms with Crippen molar-refractivity contribution in [2.75, 3.05) is 25.5 Å². The third-order valence-corrected chi connectivity index (χ3v) is 5.46. The predicted octanol–water partition coefficient (Wildman–Crippen LogP) is 2.52. The Morgan fingerprint density at radius 3 is 2.84 bits per heavy atom. The van der Waals surface area contributed by atoms with Crippen molar-refractivity contribution in [1.29, 1.82) is 0 Å². The van der Waals surface area contributed by atoms with E-state index >= 15 is 0 Å². The summed E-state index contributed by atoms with van der Waals surface area (Å²) in [6.07, 6.45) is 8.31. The maximum atomic E-state index is 12.0. The van der Waals surface area contributed by atoms with Crippen molar-refractivity contribution in [2.24, 2.45) is 0 Å². The van der Waals surface area contributed by atoms with Crippen molar-refractivity contribution in [3.05, 3.63) is 22.1 Å². The number of nitrogens with one attached hydrogen (secondary N) is 2. The largest absolute Gasteiger partial charge is 0.382 e. The smallest absolute Gasteiger partial charge is 0.315 e. The maximum absolute atomic E-state index is 12.0. The molecule has 0 unspecified atom stereocenters. The minimum Gasteiger partial charge on any atom is -0.382 e. The zero-order valence-electron chi connectivity index (χ0n) is 17.9. The number of anilines is 1. The van der Waals surface area contributed by atoms with Crippen molar-refractivity contribution >= 4 is 28.6 Å². The number of rotatable bonds is 10. The molecule has 31 heavy (non-hydrogen) atoms. The van der Waals surface area contributed by atoms with E-state index in [1.165, 1.54) is 12.6 Å². The minimum absolute atomic E-state index is 0.125. The summed E-state index contributed by atoms with van der Waals surface area (Å²) in [4.78, 5) is 31.3. The van der Waals surface area contributed by atoms with Crippen LogP contribution in [-0.2, 0) is 17.7 Å². The van der Waals surface area contributed by atoms with Crippen molar-refractivity contribution < 1.29 is 14.5 Å². The Hall–Kier alpha value is -2.95. The number of hydrogen-bond acceptors (Lipinski definition) is 7. The third-order valence-electron chi connectivity index (χ3n) is 5.46. The number of amides is 2. The van der Waals surface area contributed by atoms with Crippen LogP contribution in [0.4, 0.5) is 16.3 Å². The topological polar surface area (TPSA) is 150 Å². The van der Waals surface area contributed by atoms with E-state index in [0.29, 0.717) is 49.6 Å². The first-order valence-corrected chi connectivity index (χ1v) is 10.9. The summed E-state index contributed by atoms with van der Waals surface area (Å²) < 4.78 is 7.44. The summed E-state index contributed by atoms with van der Waals surface area (Å²) in [6.45, 7) is 3.47. The lowest BCUT2D eigenvalue weighted by molar-refractivity contribution is -0.383. The Kier molecular flexibility index (Phi) is 7.99. The van der Waals surface area contributed by atoms with Crippen LogP contribution in [0, 0.1) is 10.1 Å². The lowest BCUT2D eigenvalue weighted by atomic mass is 9.96. The summed E-state index contributed by atoms with van der Waals surface area (Å²) in [5, 5.41) is 17.3. The molecule has 11 nitrogen and oxygen atoms in total. The molecule has 0 spiro atoms. The van der Waals surface area contributed by atoms with Gasteiger partial charge in [-0.25, -0.2) is 14.8 Å². The van der Waals surface area contributed by atoms with Gasteiger partial charge in [-0.05, 0) is 19.3 Å². The highest BCUT2D eigenvalue weighted by Crippen LogP contribution is 2.29. The van der Waals surface area contributed by atoms with Gasteiger partial charge in [0.2, 0.25) is 0 Å². The fraction of sp³-hybridized carbons (Fsp3) is 0.650. The van der Waals surface area contributed by atoms with Crippen LogP contribution in [0.3, 0.4) is 0 Å². The van der Waals surface area contributed by atoms with Crippen LogP contribution in [0.5, 0.6) is 0 Å². The number of hydrogen-bond donors (Lipinski definition) is 3. The SMILES string of the molecule is CCCc1nc2c(N)ncc([N+](=O)[O-])c2n1CCOCCNC(=O)NC1CCCCC1. The lowest BCUT2D eigenvalue weighted by Crippen LogP contribution is -2.43. The molecule has 170 valence electrons. The molecule has 0 aliphatic heterocycles. The van der Waals surface area contributed by atoms with Gasteiger partial charge >= 0.3 is 11.7 Å². The van der Waals surface area contributed by atoms with E-state index < -0.39 is 4.92 Å². The van der Waals surface area contributed by atoms with Crippen LogP contribution in [0.15, 0.2) is 6.20 Å². The molecule has 1 saturated carbocycles. The molecular weight excluding hydrogens is 402 g/mol. The predicted molar refractivity (Wildman–Crippen MR) is 117 cm³/mol. The van der Waals surface area contributed by atoms with E-state index in [-0.39, 0.29) is 23.6 Å². The first kappa shape index (κ1) is 22.7. The van der Waals surface area contributed by atoms with Gasteiger partial charge in [0.15, 0.2) is 11.3 Å². The molecule has 1 fully saturated rings. The summed E-state index contributed by atoms with van der Waals surface area (Å²) in [5.41, 5.74) is 6.50. The first-order valence-electron chi connectivity index (χ1n) is 10.9. The van der Waals surface area contributed by atoms with E-state index in [4.69, 9.17) is 10.5 Å². The Morgan fingerprint density at radius 2 is 2.13 bits per heavy atom. The van der Waals surface area contributed by atoms with Crippen molar-refractivity contribution in [3.8, 4) is 0 Å². The molecule has 11 heteroatoms. The number of ether oxygens (including phenoxy) is 1. The number of carbonyl (C=O) groups excluding carboxylic acids is 1. The monoisotopic (exact) mass is 433 g/mol. The van der Waals surface area contributed by atoms with Gasteiger partial charge in [-0.3, -0.25) is 10.1 Å². The van der Waals surface area contributed by atoms with Gasteiger partial charge in [-0.1, -0.05) is 26.2 Å². The van der Waals surface area contributed by atoms with Crippen LogP contribution >= 0.6 is 0 Å². The minimum atomic E-state index is -0.474. The van der Waals surface area contributed by atoms with E-state index in [1.54, 1.807) is 4.57 Å². The summed E-state index contributed by atoms with van der Waals surface area (Å²) in [5.74, 6) is 0.889. The average Bonchev–Trinajstić information content (AvgIpc) is 3.10. The van der Waals surface area contributed by atoms with Gasteiger partial charge < -0.3 is 25.7 Å². The molecule has 2 aromatic heterocycles. The molecule has 0 atom stereocenters. The lowest BCUT2D eigenvalue weighted by Gasteiger charge is -2.22. The molecule has 2 amide bonds.